The van der Waals surface area contributed by atoms with E-state index in [-0.39, 0.29) is 0 Å². The predicted octanol–water partition coefficient (Wildman–Crippen LogP) is 2.15. The topological polar surface area (TPSA) is 74.2 Å². The first kappa shape index (κ1) is 10.7. The fourth-order valence-electron chi connectivity index (χ4n) is 1.81. The van der Waals surface area contributed by atoms with Gasteiger partial charge in [-0.1, -0.05) is 0 Å². The van der Waals surface area contributed by atoms with Crippen molar-refractivity contribution < 1.29 is 9.15 Å². The van der Waals surface area contributed by atoms with Gasteiger partial charge in [-0.15, -0.1) is 0 Å². The Labute approximate surface area is 106 Å². The Morgan fingerprint density at radius 2 is 2.24 bits per heavy atom. The van der Waals surface area contributed by atoms with E-state index >= 15 is 0 Å². The molecule has 3 rings (SSSR count). The molecule has 5 nitrogen and oxygen atoms in total. The minimum atomic E-state index is 0.466. The van der Waals surface area contributed by atoms with Crippen LogP contribution in [0, 0.1) is 0 Å². The van der Waals surface area contributed by atoms with Crippen LogP contribution >= 0.6 is 15.9 Å². The standard InChI is InChI=1S/C11H10BrN3O2/c12-7-1-4-17-9(7)11-14-8-2-3-16-5-6(8)10(13)15-11/h1,4H,2-3,5H2,(H2,13,14,15). The van der Waals surface area contributed by atoms with Crippen LogP contribution in [-0.2, 0) is 17.8 Å². The van der Waals surface area contributed by atoms with E-state index in [1.54, 1.807) is 12.3 Å². The second kappa shape index (κ2) is 4.12. The first-order chi connectivity index (χ1) is 8.25. The van der Waals surface area contributed by atoms with Crippen molar-refractivity contribution in [2.75, 3.05) is 12.3 Å². The molecule has 2 N–H and O–H groups in total. The number of aromatic nitrogens is 2. The number of rotatable bonds is 1. The Kier molecular flexibility index (Phi) is 2.60. The molecular weight excluding hydrogens is 286 g/mol. The van der Waals surface area contributed by atoms with Crippen LogP contribution in [0.25, 0.3) is 11.6 Å². The quantitative estimate of drug-likeness (QED) is 0.872. The van der Waals surface area contributed by atoms with E-state index in [4.69, 9.17) is 14.9 Å². The second-order valence-electron chi connectivity index (χ2n) is 3.76. The van der Waals surface area contributed by atoms with Gasteiger partial charge in [0.1, 0.15) is 5.82 Å². The van der Waals surface area contributed by atoms with Crippen molar-refractivity contribution in [2.45, 2.75) is 13.0 Å². The minimum absolute atomic E-state index is 0.466. The number of halogens is 1. The molecule has 17 heavy (non-hydrogen) atoms. The van der Waals surface area contributed by atoms with Crippen molar-refractivity contribution in [2.24, 2.45) is 0 Å². The molecule has 0 bridgehead atoms. The molecule has 2 aromatic heterocycles. The average Bonchev–Trinajstić information content (AvgIpc) is 2.75. The van der Waals surface area contributed by atoms with E-state index in [9.17, 15) is 0 Å². The number of hydrogen-bond donors (Lipinski definition) is 1. The number of furan rings is 1. The molecule has 0 saturated heterocycles. The van der Waals surface area contributed by atoms with E-state index in [2.05, 4.69) is 25.9 Å². The van der Waals surface area contributed by atoms with Crippen molar-refractivity contribution in [1.29, 1.82) is 0 Å². The third-order valence-electron chi connectivity index (χ3n) is 2.67. The number of nitrogen functional groups attached to an aromatic ring is 1. The summed E-state index contributed by atoms with van der Waals surface area (Å²) in [7, 11) is 0. The molecule has 0 radical (unpaired) electrons. The summed E-state index contributed by atoms with van der Waals surface area (Å²) in [5, 5.41) is 0. The highest BCUT2D eigenvalue weighted by atomic mass is 79.9. The molecule has 3 heterocycles. The molecule has 88 valence electrons. The molecular formula is C11H10BrN3O2. The maximum atomic E-state index is 5.91. The van der Waals surface area contributed by atoms with Crippen LogP contribution in [0.2, 0.25) is 0 Å². The van der Waals surface area contributed by atoms with Crippen molar-refractivity contribution in [3.8, 4) is 11.6 Å². The molecule has 0 saturated carbocycles. The Bertz CT molecular complexity index is 568. The summed E-state index contributed by atoms with van der Waals surface area (Å²) >= 11 is 3.38. The third-order valence-corrected chi connectivity index (χ3v) is 3.30. The Morgan fingerprint density at radius 3 is 3.00 bits per heavy atom. The molecule has 0 spiro atoms. The van der Waals surface area contributed by atoms with Crippen LogP contribution in [0.4, 0.5) is 5.82 Å². The van der Waals surface area contributed by atoms with Gasteiger partial charge in [-0.3, -0.25) is 0 Å². The van der Waals surface area contributed by atoms with E-state index in [1.165, 1.54) is 0 Å². The summed E-state index contributed by atoms with van der Waals surface area (Å²) < 4.78 is 11.5. The normalized spacial score (nSPS) is 14.6. The highest BCUT2D eigenvalue weighted by Gasteiger charge is 2.19. The lowest BCUT2D eigenvalue weighted by atomic mass is 10.1. The number of nitrogens with two attached hydrogens (primary N) is 1. The van der Waals surface area contributed by atoms with Crippen molar-refractivity contribution >= 4 is 21.7 Å². The Balaban J connectivity index is 2.14. The summed E-state index contributed by atoms with van der Waals surface area (Å²) in [6, 6.07) is 1.80. The van der Waals surface area contributed by atoms with E-state index < -0.39 is 0 Å². The molecule has 0 fully saturated rings. The van der Waals surface area contributed by atoms with Gasteiger partial charge in [-0.25, -0.2) is 9.97 Å². The molecule has 0 atom stereocenters. The summed E-state index contributed by atoms with van der Waals surface area (Å²) in [6.45, 7) is 1.16. The zero-order chi connectivity index (χ0) is 11.8. The highest BCUT2D eigenvalue weighted by Crippen LogP contribution is 2.29. The van der Waals surface area contributed by atoms with Crippen LogP contribution < -0.4 is 5.73 Å². The van der Waals surface area contributed by atoms with Gasteiger partial charge in [-0.2, -0.15) is 0 Å². The van der Waals surface area contributed by atoms with Crippen LogP contribution in [0.1, 0.15) is 11.3 Å². The summed E-state index contributed by atoms with van der Waals surface area (Å²) in [6.07, 6.45) is 2.34. The van der Waals surface area contributed by atoms with Crippen molar-refractivity contribution in [3.63, 3.8) is 0 Å². The smallest absolute Gasteiger partial charge is 0.199 e. The van der Waals surface area contributed by atoms with Gasteiger partial charge in [0.15, 0.2) is 11.6 Å². The van der Waals surface area contributed by atoms with Crippen LogP contribution in [0.15, 0.2) is 21.2 Å². The zero-order valence-electron chi connectivity index (χ0n) is 8.94. The van der Waals surface area contributed by atoms with Gasteiger partial charge in [0, 0.05) is 12.0 Å². The fourth-order valence-corrected chi connectivity index (χ4v) is 2.19. The Morgan fingerprint density at radius 1 is 1.35 bits per heavy atom. The number of hydrogen-bond acceptors (Lipinski definition) is 5. The van der Waals surface area contributed by atoms with Gasteiger partial charge in [0.05, 0.1) is 29.6 Å². The monoisotopic (exact) mass is 295 g/mol. The van der Waals surface area contributed by atoms with E-state index in [1.807, 2.05) is 0 Å². The lowest BCUT2D eigenvalue weighted by molar-refractivity contribution is 0.109. The summed E-state index contributed by atoms with van der Waals surface area (Å²) in [5.74, 6) is 1.58. The van der Waals surface area contributed by atoms with Gasteiger partial charge in [-0.05, 0) is 22.0 Å². The SMILES string of the molecule is Nc1nc(-c2occc2Br)nc2c1COCC2. The van der Waals surface area contributed by atoms with Crippen LogP contribution in [-0.4, -0.2) is 16.6 Å². The molecule has 1 aliphatic heterocycles. The number of fused-ring (bicyclic) bond motifs is 1. The molecule has 2 aromatic rings. The average molecular weight is 296 g/mol. The first-order valence-corrected chi connectivity index (χ1v) is 6.01. The lowest BCUT2D eigenvalue weighted by Gasteiger charge is -2.17. The van der Waals surface area contributed by atoms with Crippen molar-refractivity contribution in [1.82, 2.24) is 9.97 Å². The lowest BCUT2D eigenvalue weighted by Crippen LogP contribution is -2.16. The van der Waals surface area contributed by atoms with Gasteiger partial charge in [0.25, 0.3) is 0 Å². The molecule has 0 unspecified atom stereocenters. The maximum absolute atomic E-state index is 5.91. The third kappa shape index (κ3) is 1.83. The van der Waals surface area contributed by atoms with E-state index in [0.29, 0.717) is 30.6 Å². The van der Waals surface area contributed by atoms with Gasteiger partial charge < -0.3 is 14.9 Å². The van der Waals surface area contributed by atoms with Crippen molar-refractivity contribution in [3.05, 3.63) is 28.1 Å². The second-order valence-corrected chi connectivity index (χ2v) is 4.61. The summed E-state index contributed by atoms with van der Waals surface area (Å²) in [4.78, 5) is 8.74. The fraction of sp³-hybridized carbons (Fsp3) is 0.273. The van der Waals surface area contributed by atoms with Crippen LogP contribution in [0.3, 0.4) is 0 Å². The van der Waals surface area contributed by atoms with Gasteiger partial charge in [0.2, 0.25) is 0 Å². The number of nitrogens with zero attached hydrogens (tertiary/aromatic N) is 2. The molecule has 0 amide bonds. The van der Waals surface area contributed by atoms with Gasteiger partial charge >= 0.3 is 0 Å². The molecule has 0 aromatic carbocycles. The predicted molar refractivity (Wildman–Crippen MR) is 65.2 cm³/mol. The number of anilines is 1. The number of ether oxygens (including phenoxy) is 1. The highest BCUT2D eigenvalue weighted by molar-refractivity contribution is 9.10. The molecule has 0 aliphatic carbocycles. The minimum Gasteiger partial charge on any atom is -0.460 e. The maximum Gasteiger partial charge on any atom is 0.199 e. The van der Waals surface area contributed by atoms with Crippen LogP contribution in [0.5, 0.6) is 0 Å². The molecule has 6 heteroatoms. The zero-order valence-corrected chi connectivity index (χ0v) is 10.5. The van der Waals surface area contributed by atoms with E-state index in [0.717, 1.165) is 22.2 Å². The Hall–Kier alpha value is -1.40. The first-order valence-electron chi connectivity index (χ1n) is 5.22. The summed E-state index contributed by atoms with van der Waals surface area (Å²) in [5.41, 5.74) is 7.75. The largest absolute Gasteiger partial charge is 0.460 e. The molecule has 1 aliphatic rings.